The molecule has 0 radical (unpaired) electrons. The molecule has 0 saturated carbocycles. The lowest BCUT2D eigenvalue weighted by atomic mass is 9.98. The highest BCUT2D eigenvalue weighted by atomic mass is 16.1. The Bertz CT molecular complexity index is 964. The molecule has 1 saturated heterocycles. The Morgan fingerprint density at radius 1 is 1.24 bits per heavy atom. The first-order valence-electron chi connectivity index (χ1n) is 10.3. The van der Waals surface area contributed by atoms with E-state index >= 15 is 0 Å². The smallest absolute Gasteiger partial charge is 0.251 e. The van der Waals surface area contributed by atoms with E-state index in [1.54, 1.807) is 12.3 Å². The zero-order valence-electron chi connectivity index (χ0n) is 16.6. The van der Waals surface area contributed by atoms with Crippen LogP contribution in [0.5, 0.6) is 0 Å². The van der Waals surface area contributed by atoms with Crippen molar-refractivity contribution in [3.63, 3.8) is 0 Å². The number of nitrogens with two attached hydrogens (primary N) is 1. The molecule has 0 spiro atoms. The molecule has 3 heterocycles. The number of aromatic nitrogens is 4. The van der Waals surface area contributed by atoms with E-state index in [0.717, 1.165) is 37.4 Å². The van der Waals surface area contributed by atoms with E-state index in [2.05, 4.69) is 32.1 Å². The van der Waals surface area contributed by atoms with E-state index < -0.39 is 0 Å². The minimum atomic E-state index is -0.129. The number of likely N-dealkylation sites (tertiary alicyclic amines) is 1. The standard InChI is InChI=1S/C22H28N6O/c23-14-18-3-1-10-27(16-18)15-17-4-6-19(7-5-17)22-25-20(13-21(29)26-22)8-12-28-11-2-9-24-28/h2,4-7,9,11,13,18H,1,3,8,10,12,14-16,23H2,(H,25,26,29). The first-order valence-corrected chi connectivity index (χ1v) is 10.3. The largest absolute Gasteiger partial charge is 0.330 e. The van der Waals surface area contributed by atoms with E-state index in [1.807, 2.05) is 29.1 Å². The van der Waals surface area contributed by atoms with Gasteiger partial charge in [0.05, 0.1) is 5.69 Å². The Hall–Kier alpha value is -2.77. The molecular weight excluding hydrogens is 364 g/mol. The predicted octanol–water partition coefficient (Wildman–Crippen LogP) is 2.05. The summed E-state index contributed by atoms with van der Waals surface area (Å²) < 4.78 is 1.84. The Morgan fingerprint density at radius 3 is 2.86 bits per heavy atom. The molecule has 1 fully saturated rings. The molecule has 1 aromatic carbocycles. The summed E-state index contributed by atoms with van der Waals surface area (Å²) in [5, 5.41) is 4.19. The molecule has 4 rings (SSSR count). The van der Waals surface area contributed by atoms with Crippen molar-refractivity contribution in [1.82, 2.24) is 24.6 Å². The first kappa shape index (κ1) is 19.5. The molecule has 0 amide bonds. The van der Waals surface area contributed by atoms with Gasteiger partial charge in [-0.25, -0.2) is 4.98 Å². The summed E-state index contributed by atoms with van der Waals surface area (Å²) in [4.78, 5) is 22.1. The molecule has 3 aromatic rings. The van der Waals surface area contributed by atoms with Gasteiger partial charge >= 0.3 is 0 Å². The molecule has 0 aliphatic carbocycles. The SMILES string of the molecule is NCC1CCCN(Cc2ccc(-c3nc(CCn4cccn4)cc(=O)[nH]3)cc2)C1. The highest BCUT2D eigenvalue weighted by Gasteiger charge is 2.18. The topological polar surface area (TPSA) is 92.8 Å². The van der Waals surface area contributed by atoms with E-state index in [-0.39, 0.29) is 5.56 Å². The van der Waals surface area contributed by atoms with Gasteiger partial charge < -0.3 is 10.7 Å². The highest BCUT2D eigenvalue weighted by Crippen LogP contribution is 2.20. The predicted molar refractivity (Wildman–Crippen MR) is 113 cm³/mol. The molecule has 29 heavy (non-hydrogen) atoms. The van der Waals surface area contributed by atoms with Gasteiger partial charge in [-0.2, -0.15) is 5.10 Å². The van der Waals surface area contributed by atoms with Crippen LogP contribution in [0.25, 0.3) is 11.4 Å². The van der Waals surface area contributed by atoms with Gasteiger partial charge in [0, 0.05) is 50.1 Å². The summed E-state index contributed by atoms with van der Waals surface area (Å²) in [5.74, 6) is 1.22. The van der Waals surface area contributed by atoms with Gasteiger partial charge in [0.25, 0.3) is 5.56 Å². The van der Waals surface area contributed by atoms with Crippen LogP contribution >= 0.6 is 0 Å². The lowest BCUT2D eigenvalue weighted by Gasteiger charge is -2.32. The van der Waals surface area contributed by atoms with Crippen LogP contribution in [0.15, 0.2) is 53.6 Å². The van der Waals surface area contributed by atoms with Gasteiger partial charge in [-0.1, -0.05) is 24.3 Å². The van der Waals surface area contributed by atoms with Crippen molar-refractivity contribution in [2.24, 2.45) is 11.7 Å². The van der Waals surface area contributed by atoms with Crippen molar-refractivity contribution >= 4 is 0 Å². The third kappa shape index (κ3) is 5.19. The summed E-state index contributed by atoms with van der Waals surface area (Å²) in [6.07, 6.45) is 6.77. The number of benzene rings is 1. The molecular formula is C22H28N6O. The maximum Gasteiger partial charge on any atom is 0.251 e. The van der Waals surface area contributed by atoms with Gasteiger partial charge in [0.15, 0.2) is 0 Å². The van der Waals surface area contributed by atoms with Crippen molar-refractivity contribution in [2.75, 3.05) is 19.6 Å². The monoisotopic (exact) mass is 392 g/mol. The van der Waals surface area contributed by atoms with Gasteiger partial charge in [-0.05, 0) is 43.5 Å². The molecule has 7 heteroatoms. The number of nitrogens with zero attached hydrogens (tertiary/aromatic N) is 4. The third-order valence-corrected chi connectivity index (χ3v) is 5.52. The van der Waals surface area contributed by atoms with Crippen LogP contribution in [0.3, 0.4) is 0 Å². The maximum atomic E-state index is 12.1. The Labute approximate surface area is 170 Å². The van der Waals surface area contributed by atoms with E-state index in [1.165, 1.54) is 18.4 Å². The molecule has 3 N–H and O–H groups in total. The van der Waals surface area contributed by atoms with Gasteiger partial charge in [0.1, 0.15) is 5.82 Å². The molecule has 1 aliphatic heterocycles. The average molecular weight is 393 g/mol. The number of hydrogen-bond acceptors (Lipinski definition) is 5. The second kappa shape index (κ2) is 9.15. The van der Waals surface area contributed by atoms with Crippen molar-refractivity contribution in [3.8, 4) is 11.4 Å². The molecule has 1 atom stereocenters. The second-order valence-corrected chi connectivity index (χ2v) is 7.78. The summed E-state index contributed by atoms with van der Waals surface area (Å²) in [6.45, 7) is 4.61. The lowest BCUT2D eigenvalue weighted by molar-refractivity contribution is 0.171. The number of aromatic amines is 1. The van der Waals surface area contributed by atoms with Crippen LogP contribution in [0.1, 0.15) is 24.1 Å². The number of H-pyrrole nitrogens is 1. The Morgan fingerprint density at radius 2 is 2.10 bits per heavy atom. The summed E-state index contributed by atoms with van der Waals surface area (Å²) in [6, 6.07) is 11.8. The Balaban J connectivity index is 1.43. The van der Waals surface area contributed by atoms with Gasteiger partial charge in [-0.15, -0.1) is 0 Å². The fourth-order valence-corrected chi connectivity index (χ4v) is 3.95. The summed E-state index contributed by atoms with van der Waals surface area (Å²) in [5.41, 5.74) is 8.68. The van der Waals surface area contributed by atoms with Gasteiger partial charge in [0.2, 0.25) is 0 Å². The number of nitrogens with one attached hydrogen (secondary N) is 1. The quantitative estimate of drug-likeness (QED) is 0.642. The van der Waals surface area contributed by atoms with Crippen LogP contribution in [0.2, 0.25) is 0 Å². The summed E-state index contributed by atoms with van der Waals surface area (Å²) >= 11 is 0. The van der Waals surface area contributed by atoms with Crippen molar-refractivity contribution in [3.05, 3.63) is 70.4 Å². The molecule has 1 aliphatic rings. The third-order valence-electron chi connectivity index (χ3n) is 5.52. The number of piperidine rings is 1. The molecule has 1 unspecified atom stereocenters. The number of hydrogen-bond donors (Lipinski definition) is 2. The average Bonchev–Trinajstić information content (AvgIpc) is 3.26. The maximum absolute atomic E-state index is 12.1. The minimum Gasteiger partial charge on any atom is -0.330 e. The first-order chi connectivity index (χ1) is 14.2. The van der Waals surface area contributed by atoms with E-state index in [4.69, 9.17) is 5.73 Å². The van der Waals surface area contributed by atoms with Crippen molar-refractivity contribution in [1.29, 1.82) is 0 Å². The molecule has 7 nitrogen and oxygen atoms in total. The number of rotatable bonds is 7. The molecule has 0 bridgehead atoms. The van der Waals surface area contributed by atoms with Crippen LogP contribution in [0.4, 0.5) is 0 Å². The zero-order chi connectivity index (χ0) is 20.1. The van der Waals surface area contributed by atoms with Gasteiger partial charge in [-0.3, -0.25) is 14.4 Å². The van der Waals surface area contributed by atoms with Crippen LogP contribution in [0, 0.1) is 5.92 Å². The van der Waals surface area contributed by atoms with Crippen molar-refractivity contribution in [2.45, 2.75) is 32.4 Å². The molecule has 152 valence electrons. The van der Waals surface area contributed by atoms with E-state index in [0.29, 0.717) is 24.7 Å². The number of aryl methyl sites for hydroxylation is 2. The Kier molecular flexibility index (Phi) is 6.17. The zero-order valence-corrected chi connectivity index (χ0v) is 16.6. The second-order valence-electron chi connectivity index (χ2n) is 7.78. The normalized spacial score (nSPS) is 17.5. The minimum absolute atomic E-state index is 0.129. The van der Waals surface area contributed by atoms with Crippen LogP contribution in [-0.2, 0) is 19.5 Å². The van der Waals surface area contributed by atoms with Crippen molar-refractivity contribution < 1.29 is 0 Å². The lowest BCUT2D eigenvalue weighted by Crippen LogP contribution is -2.37. The fraction of sp³-hybridized carbons (Fsp3) is 0.409. The van der Waals surface area contributed by atoms with E-state index in [9.17, 15) is 4.79 Å². The molecule has 2 aromatic heterocycles. The van der Waals surface area contributed by atoms with Crippen LogP contribution in [-0.4, -0.2) is 44.3 Å². The fourth-order valence-electron chi connectivity index (χ4n) is 3.95. The van der Waals surface area contributed by atoms with Crippen LogP contribution < -0.4 is 11.3 Å². The summed E-state index contributed by atoms with van der Waals surface area (Å²) in [7, 11) is 0. The highest BCUT2D eigenvalue weighted by molar-refractivity contribution is 5.55.